The van der Waals surface area contributed by atoms with E-state index in [0.717, 1.165) is 6.42 Å². The van der Waals surface area contributed by atoms with Crippen molar-refractivity contribution in [2.45, 2.75) is 26.3 Å². The van der Waals surface area contributed by atoms with Gasteiger partial charge < -0.3 is 20.1 Å². The Labute approximate surface area is 126 Å². The highest BCUT2D eigenvalue weighted by Crippen LogP contribution is 2.31. The molecule has 1 aromatic rings. The summed E-state index contributed by atoms with van der Waals surface area (Å²) in [7, 11) is 3.15. The van der Waals surface area contributed by atoms with Crippen LogP contribution >= 0.6 is 0 Å². The third-order valence-electron chi connectivity index (χ3n) is 4.24. The second-order valence-corrected chi connectivity index (χ2v) is 6.18. The lowest BCUT2D eigenvalue weighted by atomic mass is 9.79. The van der Waals surface area contributed by atoms with E-state index in [9.17, 15) is 4.79 Å². The van der Waals surface area contributed by atoms with Gasteiger partial charge in [-0.3, -0.25) is 4.79 Å². The van der Waals surface area contributed by atoms with E-state index in [-0.39, 0.29) is 17.4 Å². The molecule has 1 saturated heterocycles. The van der Waals surface area contributed by atoms with Crippen molar-refractivity contribution in [2.75, 3.05) is 27.3 Å². The molecule has 0 aromatic heterocycles. The average Bonchev–Trinajstić information content (AvgIpc) is 2.48. The molecular weight excluding hydrogens is 268 g/mol. The molecule has 1 fully saturated rings. The van der Waals surface area contributed by atoms with Crippen molar-refractivity contribution in [3.8, 4) is 11.5 Å². The number of nitrogens with zero attached hydrogens (tertiary/aromatic N) is 1. The minimum atomic E-state index is -0.0833. The van der Waals surface area contributed by atoms with E-state index in [4.69, 9.17) is 15.2 Å². The van der Waals surface area contributed by atoms with Crippen LogP contribution < -0.4 is 15.2 Å². The normalized spacial score (nSPS) is 21.0. The Morgan fingerprint density at radius 3 is 2.62 bits per heavy atom. The van der Waals surface area contributed by atoms with Crippen molar-refractivity contribution >= 4 is 5.91 Å². The van der Waals surface area contributed by atoms with Crippen LogP contribution in [0.3, 0.4) is 0 Å². The highest BCUT2D eigenvalue weighted by Gasteiger charge is 2.36. The molecule has 1 aliphatic rings. The monoisotopic (exact) mass is 292 g/mol. The molecule has 0 bridgehead atoms. The smallest absolute Gasteiger partial charge is 0.257 e. The Kier molecular flexibility index (Phi) is 4.42. The Morgan fingerprint density at radius 2 is 2.05 bits per heavy atom. The lowest BCUT2D eigenvalue weighted by molar-refractivity contribution is 0.0529. The fraction of sp³-hybridized carbons (Fsp3) is 0.562. The molecule has 5 nitrogen and oxygen atoms in total. The van der Waals surface area contributed by atoms with Crippen LogP contribution in [-0.4, -0.2) is 44.2 Å². The number of piperidine rings is 1. The summed E-state index contributed by atoms with van der Waals surface area (Å²) in [5, 5.41) is 0. The molecule has 0 aliphatic carbocycles. The highest BCUT2D eigenvalue weighted by atomic mass is 16.5. The zero-order chi connectivity index (χ0) is 15.6. The maximum Gasteiger partial charge on any atom is 0.257 e. The predicted octanol–water partition coefficient (Wildman–Crippen LogP) is 1.90. The summed E-state index contributed by atoms with van der Waals surface area (Å²) in [4.78, 5) is 14.6. The fourth-order valence-electron chi connectivity index (χ4n) is 2.70. The lowest BCUT2D eigenvalue weighted by Gasteiger charge is -2.42. The Hall–Kier alpha value is -1.75. The van der Waals surface area contributed by atoms with Gasteiger partial charge in [-0.15, -0.1) is 0 Å². The van der Waals surface area contributed by atoms with Crippen molar-refractivity contribution < 1.29 is 14.3 Å². The van der Waals surface area contributed by atoms with Crippen molar-refractivity contribution in [1.29, 1.82) is 0 Å². The number of hydrogen-bond donors (Lipinski definition) is 1. The van der Waals surface area contributed by atoms with Gasteiger partial charge in [0.1, 0.15) is 11.5 Å². The first-order valence-corrected chi connectivity index (χ1v) is 7.16. The maximum absolute atomic E-state index is 12.8. The van der Waals surface area contributed by atoms with Gasteiger partial charge in [0.2, 0.25) is 0 Å². The second kappa shape index (κ2) is 5.93. The standard InChI is InChI=1S/C16H24N2O3/c1-16(2)10-18(8-7-14(16)17)15(19)12-9-11(20-3)5-6-13(12)21-4/h5-6,9,14H,7-8,10,17H2,1-4H3. The van der Waals surface area contributed by atoms with Gasteiger partial charge in [-0.05, 0) is 30.0 Å². The molecule has 2 rings (SSSR count). The minimum absolute atomic E-state index is 0.0364. The first-order valence-electron chi connectivity index (χ1n) is 7.16. The number of rotatable bonds is 3. The number of nitrogens with two attached hydrogens (primary N) is 1. The Balaban J connectivity index is 2.27. The number of likely N-dealkylation sites (tertiary alicyclic amines) is 1. The highest BCUT2D eigenvalue weighted by molar-refractivity contribution is 5.97. The SMILES string of the molecule is COc1ccc(OC)c(C(=O)N2CCC(N)C(C)(C)C2)c1. The van der Waals surface area contributed by atoms with Crippen LogP contribution in [-0.2, 0) is 0 Å². The van der Waals surface area contributed by atoms with E-state index in [0.29, 0.717) is 30.2 Å². The van der Waals surface area contributed by atoms with Crippen molar-refractivity contribution in [3.63, 3.8) is 0 Å². The third kappa shape index (κ3) is 3.13. The molecule has 1 atom stereocenters. The van der Waals surface area contributed by atoms with E-state index in [1.165, 1.54) is 0 Å². The van der Waals surface area contributed by atoms with Gasteiger partial charge >= 0.3 is 0 Å². The van der Waals surface area contributed by atoms with Gasteiger partial charge in [0.05, 0.1) is 19.8 Å². The quantitative estimate of drug-likeness (QED) is 0.924. The number of methoxy groups -OCH3 is 2. The Morgan fingerprint density at radius 1 is 1.33 bits per heavy atom. The third-order valence-corrected chi connectivity index (χ3v) is 4.24. The Bertz CT molecular complexity index is 528. The van der Waals surface area contributed by atoms with Gasteiger partial charge in [0, 0.05) is 19.1 Å². The van der Waals surface area contributed by atoms with E-state index < -0.39 is 0 Å². The molecule has 5 heteroatoms. The molecule has 1 heterocycles. The van der Waals surface area contributed by atoms with Crippen LogP contribution in [0.1, 0.15) is 30.6 Å². The number of carbonyl (C=O) groups is 1. The minimum Gasteiger partial charge on any atom is -0.497 e. The zero-order valence-electron chi connectivity index (χ0n) is 13.2. The first-order chi connectivity index (χ1) is 9.89. The van der Waals surface area contributed by atoms with Gasteiger partial charge in [0.25, 0.3) is 5.91 Å². The van der Waals surface area contributed by atoms with Crippen molar-refractivity contribution in [1.82, 2.24) is 4.90 Å². The summed E-state index contributed by atoms with van der Waals surface area (Å²) >= 11 is 0. The molecule has 0 radical (unpaired) electrons. The second-order valence-electron chi connectivity index (χ2n) is 6.18. The van der Waals surface area contributed by atoms with Crippen LogP contribution in [0.4, 0.5) is 0 Å². The van der Waals surface area contributed by atoms with Crippen LogP contribution in [0.5, 0.6) is 11.5 Å². The predicted molar refractivity (Wildman–Crippen MR) is 81.8 cm³/mol. The van der Waals surface area contributed by atoms with E-state index in [1.54, 1.807) is 32.4 Å². The summed E-state index contributed by atoms with van der Waals surface area (Å²) < 4.78 is 10.5. The summed E-state index contributed by atoms with van der Waals surface area (Å²) in [6, 6.07) is 5.38. The van der Waals surface area contributed by atoms with Crippen LogP contribution in [0.25, 0.3) is 0 Å². The lowest BCUT2D eigenvalue weighted by Crippen LogP contribution is -2.54. The molecule has 21 heavy (non-hydrogen) atoms. The van der Waals surface area contributed by atoms with E-state index in [1.807, 2.05) is 4.90 Å². The molecule has 116 valence electrons. The number of amides is 1. The summed E-state index contributed by atoms with van der Waals surface area (Å²) in [6.07, 6.45) is 0.811. The van der Waals surface area contributed by atoms with Crippen LogP contribution in [0.2, 0.25) is 0 Å². The van der Waals surface area contributed by atoms with Crippen molar-refractivity contribution in [2.24, 2.45) is 11.1 Å². The molecule has 1 aromatic carbocycles. The number of ether oxygens (including phenoxy) is 2. The summed E-state index contributed by atoms with van der Waals surface area (Å²) in [5.41, 5.74) is 6.58. The number of hydrogen-bond acceptors (Lipinski definition) is 4. The number of benzene rings is 1. The van der Waals surface area contributed by atoms with Gasteiger partial charge in [-0.2, -0.15) is 0 Å². The first kappa shape index (κ1) is 15.6. The van der Waals surface area contributed by atoms with Crippen LogP contribution in [0, 0.1) is 5.41 Å². The topological polar surface area (TPSA) is 64.8 Å². The maximum atomic E-state index is 12.8. The zero-order valence-corrected chi connectivity index (χ0v) is 13.2. The summed E-state index contributed by atoms with van der Waals surface area (Å²) in [5.74, 6) is 1.17. The molecule has 1 aliphatic heterocycles. The van der Waals surface area contributed by atoms with Gasteiger partial charge in [0.15, 0.2) is 0 Å². The molecule has 2 N–H and O–H groups in total. The average molecular weight is 292 g/mol. The van der Waals surface area contributed by atoms with Gasteiger partial charge in [-0.1, -0.05) is 13.8 Å². The van der Waals surface area contributed by atoms with Crippen molar-refractivity contribution in [3.05, 3.63) is 23.8 Å². The fourth-order valence-corrected chi connectivity index (χ4v) is 2.70. The molecular formula is C16H24N2O3. The molecule has 0 saturated carbocycles. The van der Waals surface area contributed by atoms with E-state index >= 15 is 0 Å². The van der Waals surface area contributed by atoms with Gasteiger partial charge in [-0.25, -0.2) is 0 Å². The largest absolute Gasteiger partial charge is 0.497 e. The van der Waals surface area contributed by atoms with E-state index in [2.05, 4.69) is 13.8 Å². The molecule has 0 spiro atoms. The number of carbonyl (C=O) groups excluding carboxylic acids is 1. The molecule has 1 unspecified atom stereocenters. The van der Waals surface area contributed by atoms with Crippen LogP contribution in [0.15, 0.2) is 18.2 Å². The summed E-state index contributed by atoms with van der Waals surface area (Å²) in [6.45, 7) is 5.51. The molecule has 1 amide bonds.